The fourth-order valence-corrected chi connectivity index (χ4v) is 8.25. The Labute approximate surface area is 296 Å². The summed E-state index contributed by atoms with van der Waals surface area (Å²) in [7, 11) is -3.19. The number of nitrogens with zero attached hydrogens (tertiary/aromatic N) is 2. The SMILES string of the molecule is CCOP(=O)(Cc1cccc(COc2ccccc2CC2CCN(Cc3ccc4nc(-c5ccc(OC(F)(F)F)cc5)[nH]c4c3)CC2)c1)OCC. The van der Waals surface area contributed by atoms with Crippen LogP contribution >= 0.6 is 7.60 Å². The molecule has 0 atom stereocenters. The lowest BCUT2D eigenvalue weighted by Crippen LogP contribution is -2.33. The molecule has 51 heavy (non-hydrogen) atoms. The number of halogens is 3. The van der Waals surface area contributed by atoms with E-state index >= 15 is 0 Å². The van der Waals surface area contributed by atoms with Crippen molar-refractivity contribution in [1.29, 1.82) is 0 Å². The highest BCUT2D eigenvalue weighted by atomic mass is 31.2. The molecule has 1 aliphatic heterocycles. The molecule has 0 bridgehead atoms. The fourth-order valence-electron chi connectivity index (χ4n) is 6.56. The summed E-state index contributed by atoms with van der Waals surface area (Å²) in [5.41, 5.74) is 6.61. The van der Waals surface area contributed by atoms with Crippen LogP contribution in [0, 0.1) is 5.92 Å². The first kappa shape index (κ1) is 36.6. The van der Waals surface area contributed by atoms with Gasteiger partial charge in [0, 0.05) is 12.1 Å². The Bertz CT molecular complexity index is 1930. The summed E-state index contributed by atoms with van der Waals surface area (Å²) >= 11 is 0. The first-order valence-electron chi connectivity index (χ1n) is 17.3. The van der Waals surface area contributed by atoms with Gasteiger partial charge in [-0.1, -0.05) is 48.5 Å². The first-order chi connectivity index (χ1) is 24.6. The normalized spacial score (nSPS) is 14.6. The van der Waals surface area contributed by atoms with Gasteiger partial charge in [0.15, 0.2) is 0 Å². The molecular formula is C39H43F3N3O5P. The molecule has 5 aromatic rings. The second-order valence-electron chi connectivity index (χ2n) is 12.8. The van der Waals surface area contributed by atoms with E-state index in [1.165, 1.54) is 23.3 Å². The third kappa shape index (κ3) is 10.2. The number of aromatic nitrogens is 2. The molecule has 0 radical (unpaired) electrons. The molecule has 8 nitrogen and oxygen atoms in total. The number of hydrogen-bond acceptors (Lipinski definition) is 7. The Morgan fingerprint density at radius 1 is 0.863 bits per heavy atom. The van der Waals surface area contributed by atoms with Gasteiger partial charge >= 0.3 is 14.0 Å². The quantitative estimate of drug-likeness (QED) is 0.108. The Kier molecular flexibility index (Phi) is 11.8. The summed E-state index contributed by atoms with van der Waals surface area (Å²) in [5, 5.41) is 0. The molecule has 1 aromatic heterocycles. The van der Waals surface area contributed by atoms with Gasteiger partial charge in [0.2, 0.25) is 0 Å². The molecule has 1 fully saturated rings. The second kappa shape index (κ2) is 16.5. The van der Waals surface area contributed by atoms with Crippen molar-refractivity contribution in [3.63, 3.8) is 0 Å². The minimum absolute atomic E-state index is 0.223. The maximum absolute atomic E-state index is 13.0. The highest BCUT2D eigenvalue weighted by molar-refractivity contribution is 7.53. The number of ether oxygens (including phenoxy) is 2. The summed E-state index contributed by atoms with van der Waals surface area (Å²) in [6, 6.07) is 28.0. The smallest absolute Gasteiger partial charge is 0.489 e. The monoisotopic (exact) mass is 721 g/mol. The predicted molar refractivity (Wildman–Crippen MR) is 192 cm³/mol. The van der Waals surface area contributed by atoms with E-state index in [-0.39, 0.29) is 11.9 Å². The van der Waals surface area contributed by atoms with E-state index in [0.717, 1.165) is 66.8 Å². The summed E-state index contributed by atoms with van der Waals surface area (Å²) in [6.07, 6.45) is -1.39. The van der Waals surface area contributed by atoms with E-state index < -0.39 is 14.0 Å². The van der Waals surface area contributed by atoms with Crippen LogP contribution in [0.25, 0.3) is 22.4 Å². The number of likely N-dealkylation sites (tertiary alicyclic amines) is 1. The zero-order valence-corrected chi connectivity index (χ0v) is 29.7. The van der Waals surface area contributed by atoms with Gasteiger partial charge in [-0.3, -0.25) is 9.46 Å². The van der Waals surface area contributed by atoms with Crippen LogP contribution in [0.3, 0.4) is 0 Å². The fraction of sp³-hybridized carbons (Fsp3) is 0.359. The third-order valence-electron chi connectivity index (χ3n) is 8.92. The van der Waals surface area contributed by atoms with Crippen molar-refractivity contribution in [2.45, 2.75) is 58.8 Å². The molecule has 4 aromatic carbocycles. The molecular weight excluding hydrogens is 678 g/mol. The van der Waals surface area contributed by atoms with Crippen molar-refractivity contribution in [2.24, 2.45) is 5.92 Å². The van der Waals surface area contributed by atoms with E-state index in [0.29, 0.717) is 37.1 Å². The van der Waals surface area contributed by atoms with E-state index in [2.05, 4.69) is 43.9 Å². The molecule has 0 amide bonds. The topological polar surface area (TPSA) is 85.9 Å². The number of alkyl halides is 3. The molecule has 1 N–H and O–H groups in total. The van der Waals surface area contributed by atoms with Gasteiger partial charge in [-0.2, -0.15) is 0 Å². The number of para-hydroxylation sites is 1. The van der Waals surface area contributed by atoms with Crippen molar-refractivity contribution in [3.05, 3.63) is 113 Å². The molecule has 1 aliphatic rings. The minimum atomic E-state index is -4.73. The van der Waals surface area contributed by atoms with Crippen molar-refractivity contribution >= 4 is 18.6 Å². The van der Waals surface area contributed by atoms with Gasteiger partial charge < -0.3 is 23.5 Å². The van der Waals surface area contributed by atoms with Crippen LogP contribution < -0.4 is 9.47 Å². The van der Waals surface area contributed by atoms with Gasteiger partial charge in [0.05, 0.1) is 30.4 Å². The largest absolute Gasteiger partial charge is 0.573 e. The van der Waals surface area contributed by atoms with E-state index in [1.807, 2.05) is 56.3 Å². The van der Waals surface area contributed by atoms with Crippen molar-refractivity contribution in [1.82, 2.24) is 14.9 Å². The number of imidazole rings is 1. The van der Waals surface area contributed by atoms with Gasteiger partial charge in [0.25, 0.3) is 0 Å². The predicted octanol–water partition coefficient (Wildman–Crippen LogP) is 9.93. The number of nitrogens with one attached hydrogen (secondary N) is 1. The van der Waals surface area contributed by atoms with Crippen LogP contribution in [0.2, 0.25) is 0 Å². The highest BCUT2D eigenvalue weighted by Crippen LogP contribution is 2.51. The number of aromatic amines is 1. The third-order valence-corrected chi connectivity index (χ3v) is 11.0. The van der Waals surface area contributed by atoms with E-state index in [9.17, 15) is 17.7 Å². The average molecular weight is 722 g/mol. The highest BCUT2D eigenvalue weighted by Gasteiger charge is 2.31. The van der Waals surface area contributed by atoms with Gasteiger partial charge in [0.1, 0.15) is 23.9 Å². The Hall–Kier alpha value is -4.15. The zero-order chi connectivity index (χ0) is 35.8. The minimum Gasteiger partial charge on any atom is -0.489 e. The van der Waals surface area contributed by atoms with Crippen LogP contribution in [0.5, 0.6) is 11.5 Å². The molecule has 270 valence electrons. The maximum atomic E-state index is 13.0. The van der Waals surface area contributed by atoms with Crippen molar-refractivity contribution in [3.8, 4) is 22.9 Å². The second-order valence-corrected chi connectivity index (χ2v) is 14.8. The number of hydrogen-bond donors (Lipinski definition) is 1. The molecule has 12 heteroatoms. The lowest BCUT2D eigenvalue weighted by atomic mass is 9.89. The Balaban J connectivity index is 1.01. The Morgan fingerprint density at radius 2 is 1.59 bits per heavy atom. The lowest BCUT2D eigenvalue weighted by Gasteiger charge is -2.32. The van der Waals surface area contributed by atoms with Crippen LogP contribution in [0.1, 0.15) is 48.9 Å². The van der Waals surface area contributed by atoms with Gasteiger partial charge in [-0.15, -0.1) is 13.2 Å². The van der Waals surface area contributed by atoms with Crippen LogP contribution in [0.15, 0.2) is 91.0 Å². The van der Waals surface area contributed by atoms with Crippen LogP contribution in [0.4, 0.5) is 13.2 Å². The van der Waals surface area contributed by atoms with Crippen molar-refractivity contribution in [2.75, 3.05) is 26.3 Å². The molecule has 1 saturated heterocycles. The molecule has 0 aliphatic carbocycles. The number of rotatable bonds is 15. The van der Waals surface area contributed by atoms with Crippen LogP contribution in [-0.2, 0) is 39.3 Å². The molecule has 0 saturated carbocycles. The zero-order valence-electron chi connectivity index (χ0n) is 28.8. The summed E-state index contributed by atoms with van der Waals surface area (Å²) in [5.74, 6) is 1.75. The van der Waals surface area contributed by atoms with Crippen LogP contribution in [-0.4, -0.2) is 47.5 Å². The van der Waals surface area contributed by atoms with E-state index in [4.69, 9.17) is 13.8 Å². The average Bonchev–Trinajstić information content (AvgIpc) is 3.52. The maximum Gasteiger partial charge on any atom is 0.573 e. The number of H-pyrrole nitrogens is 1. The van der Waals surface area contributed by atoms with E-state index in [1.54, 1.807) is 12.1 Å². The molecule has 0 spiro atoms. The number of piperidine rings is 1. The summed E-state index contributed by atoms with van der Waals surface area (Å²) in [6.45, 7) is 7.50. The van der Waals surface area contributed by atoms with Gasteiger partial charge in [-0.25, -0.2) is 4.98 Å². The number of fused-ring (bicyclic) bond motifs is 1. The molecule has 2 heterocycles. The summed E-state index contributed by atoms with van der Waals surface area (Å²) < 4.78 is 71.9. The first-order valence-corrected chi connectivity index (χ1v) is 19.0. The summed E-state index contributed by atoms with van der Waals surface area (Å²) in [4.78, 5) is 10.4. The Morgan fingerprint density at radius 3 is 2.31 bits per heavy atom. The van der Waals surface area contributed by atoms with Crippen molar-refractivity contribution < 1.29 is 36.3 Å². The molecule has 0 unspecified atom stereocenters. The number of benzene rings is 4. The molecule has 6 rings (SSSR count). The standard InChI is InChI=1S/C39H43F3N3O5P/c1-3-48-51(46,49-4-2)27-31-9-7-8-30(22-31)26-47-37-11-6-5-10-33(37)23-28-18-20-45(21-19-28)25-29-12-17-35-36(24-29)44-38(43-35)32-13-15-34(16-14-32)50-39(40,41)42/h5-17,22,24,28H,3-4,18-21,23,25-27H2,1-2H3,(H,43,44). The lowest BCUT2D eigenvalue weighted by molar-refractivity contribution is -0.274. The van der Waals surface area contributed by atoms with Gasteiger partial charge in [-0.05, 0) is 117 Å².